The molecule has 0 spiro atoms. The van der Waals surface area contributed by atoms with Gasteiger partial charge in [0, 0.05) is 0 Å². The molecule has 27 heavy (non-hydrogen) atoms. The largest absolute Gasteiger partial charge is 0.458 e. The Balaban J connectivity index is 1.89. The Hall–Kier alpha value is -1.76. The first kappa shape index (κ1) is 20.0. The molecule has 0 unspecified atom stereocenters. The lowest BCUT2D eigenvalue weighted by molar-refractivity contribution is 0.475. The second-order valence-electron chi connectivity index (χ2n) is 6.48. The molecule has 140 valence electrons. The summed E-state index contributed by atoms with van der Waals surface area (Å²) in [5.41, 5.74) is 0. The van der Waals surface area contributed by atoms with E-state index < -0.39 is 7.92 Å². The molecule has 0 atom stereocenters. The number of unbranched alkanes of at least 4 members (excludes halogenated alkanes) is 3. The van der Waals surface area contributed by atoms with Crippen LogP contribution < -0.4 is 10.6 Å². The monoisotopic (exact) mass is 394 g/mol. The number of benzene rings is 2. The maximum Gasteiger partial charge on any atom is 0.164 e. The fraction of sp³-hybridized carbons (Fsp3) is 0.250. The second kappa shape index (κ2) is 11.2. The van der Waals surface area contributed by atoms with Crippen LogP contribution >= 0.6 is 19.7 Å². The van der Waals surface area contributed by atoms with Crippen molar-refractivity contribution in [2.24, 2.45) is 0 Å². The van der Waals surface area contributed by atoms with Gasteiger partial charge in [-0.05, 0) is 54.2 Å². The van der Waals surface area contributed by atoms with Gasteiger partial charge in [0.05, 0.1) is 6.26 Å². The molecule has 0 radical (unpaired) electrons. The van der Waals surface area contributed by atoms with Crippen LogP contribution in [0.15, 0.2) is 99.3 Å². The molecule has 0 aliphatic rings. The van der Waals surface area contributed by atoms with Gasteiger partial charge < -0.3 is 4.42 Å². The van der Waals surface area contributed by atoms with Gasteiger partial charge >= 0.3 is 0 Å². The minimum absolute atomic E-state index is 0.521. The summed E-state index contributed by atoms with van der Waals surface area (Å²) >= 11 is 1.78. The highest BCUT2D eigenvalue weighted by Gasteiger charge is 2.13. The normalized spacial score (nSPS) is 11.9. The van der Waals surface area contributed by atoms with Crippen molar-refractivity contribution in [3.05, 3.63) is 89.8 Å². The lowest BCUT2D eigenvalue weighted by Gasteiger charge is -2.17. The summed E-state index contributed by atoms with van der Waals surface area (Å²) in [6.45, 7) is 2.26. The van der Waals surface area contributed by atoms with Crippen LogP contribution in [0.4, 0.5) is 0 Å². The van der Waals surface area contributed by atoms with Gasteiger partial charge in [-0.3, -0.25) is 0 Å². The van der Waals surface area contributed by atoms with Gasteiger partial charge in [-0.2, -0.15) is 0 Å². The summed E-state index contributed by atoms with van der Waals surface area (Å²) in [4.78, 5) is 1.42. The van der Waals surface area contributed by atoms with Crippen molar-refractivity contribution in [1.82, 2.24) is 0 Å². The fourth-order valence-corrected chi connectivity index (χ4v) is 6.22. The molecule has 0 amide bonds. The van der Waals surface area contributed by atoms with E-state index in [9.17, 15) is 0 Å². The standard InChI is InChI=1S/C24H27OPS/c1-2-3-4-11-17-23(27-24-18-12-19-25-24)20-26(21-13-7-5-8-14-21)22-15-9-6-10-16-22/h5-10,12-16,18-20H,2-4,11,17H2,1H3/b23-20-. The number of thioether (sulfide) groups is 1. The summed E-state index contributed by atoms with van der Waals surface area (Å²) in [5, 5.41) is 3.77. The first-order valence-electron chi connectivity index (χ1n) is 9.68. The predicted molar refractivity (Wildman–Crippen MR) is 120 cm³/mol. The molecule has 0 aliphatic carbocycles. The van der Waals surface area contributed by atoms with E-state index in [1.54, 1.807) is 18.0 Å². The van der Waals surface area contributed by atoms with E-state index >= 15 is 0 Å². The Bertz CT molecular complexity index is 757. The van der Waals surface area contributed by atoms with Crippen molar-refractivity contribution >= 4 is 30.3 Å². The molecule has 0 N–H and O–H groups in total. The molecule has 0 fully saturated rings. The van der Waals surface area contributed by atoms with E-state index in [1.165, 1.54) is 41.2 Å². The fourth-order valence-electron chi connectivity index (χ4n) is 2.94. The van der Waals surface area contributed by atoms with Gasteiger partial charge in [0.1, 0.15) is 0 Å². The van der Waals surface area contributed by atoms with Crippen LogP contribution in [0.2, 0.25) is 0 Å². The summed E-state index contributed by atoms with van der Waals surface area (Å²) in [6.07, 6.45) is 7.98. The zero-order valence-corrected chi connectivity index (χ0v) is 17.6. The molecule has 2 aromatic carbocycles. The maximum absolute atomic E-state index is 5.61. The van der Waals surface area contributed by atoms with Gasteiger partial charge in [-0.25, -0.2) is 0 Å². The Morgan fingerprint density at radius 3 is 2.07 bits per heavy atom. The van der Waals surface area contributed by atoms with Crippen LogP contribution in [0.5, 0.6) is 0 Å². The number of hydrogen-bond donors (Lipinski definition) is 0. The van der Waals surface area contributed by atoms with Gasteiger partial charge in [-0.1, -0.05) is 98.6 Å². The summed E-state index contributed by atoms with van der Waals surface area (Å²) in [5.74, 6) is 2.50. The van der Waals surface area contributed by atoms with Gasteiger partial charge in [0.15, 0.2) is 5.09 Å². The highest BCUT2D eigenvalue weighted by atomic mass is 32.2. The average molecular weight is 395 g/mol. The molecule has 3 heteroatoms. The smallest absolute Gasteiger partial charge is 0.164 e. The van der Waals surface area contributed by atoms with Crippen molar-refractivity contribution in [2.45, 2.75) is 44.1 Å². The Morgan fingerprint density at radius 1 is 0.852 bits per heavy atom. The maximum atomic E-state index is 5.61. The molecule has 3 rings (SSSR count). The van der Waals surface area contributed by atoms with Crippen LogP contribution in [0.25, 0.3) is 0 Å². The van der Waals surface area contributed by atoms with Gasteiger partial charge in [0.2, 0.25) is 0 Å². The third kappa shape index (κ3) is 6.41. The van der Waals surface area contributed by atoms with Crippen LogP contribution in [-0.4, -0.2) is 0 Å². The minimum atomic E-state index is -0.521. The van der Waals surface area contributed by atoms with Crippen molar-refractivity contribution in [1.29, 1.82) is 0 Å². The Morgan fingerprint density at radius 2 is 1.52 bits per heavy atom. The SMILES string of the molecule is CCCCCC/C(=C/P(c1ccccc1)c1ccccc1)Sc1ccco1. The highest BCUT2D eigenvalue weighted by Crippen LogP contribution is 2.42. The van der Waals surface area contributed by atoms with E-state index in [0.29, 0.717) is 0 Å². The molecule has 3 aromatic rings. The van der Waals surface area contributed by atoms with Crippen LogP contribution in [-0.2, 0) is 0 Å². The highest BCUT2D eigenvalue weighted by molar-refractivity contribution is 8.03. The van der Waals surface area contributed by atoms with E-state index in [-0.39, 0.29) is 0 Å². The van der Waals surface area contributed by atoms with Crippen molar-refractivity contribution < 1.29 is 4.42 Å². The van der Waals surface area contributed by atoms with E-state index in [1.807, 2.05) is 6.07 Å². The number of allylic oxidation sites excluding steroid dienone is 1. The zero-order chi connectivity index (χ0) is 18.7. The van der Waals surface area contributed by atoms with Crippen molar-refractivity contribution in [3.8, 4) is 0 Å². The molecule has 1 aromatic heterocycles. The van der Waals surface area contributed by atoms with Crippen molar-refractivity contribution in [2.75, 3.05) is 0 Å². The lowest BCUT2D eigenvalue weighted by Crippen LogP contribution is -2.09. The number of hydrogen-bond acceptors (Lipinski definition) is 2. The first-order chi connectivity index (χ1) is 13.4. The summed E-state index contributed by atoms with van der Waals surface area (Å²) < 4.78 is 5.61. The molecular weight excluding hydrogens is 367 g/mol. The molecule has 0 saturated heterocycles. The van der Waals surface area contributed by atoms with Gasteiger partial charge in [0.25, 0.3) is 0 Å². The summed E-state index contributed by atoms with van der Waals surface area (Å²) in [6, 6.07) is 25.8. The molecular formula is C24H27OPS. The first-order valence-corrected chi connectivity index (χ1v) is 11.9. The quantitative estimate of drug-likeness (QED) is 0.203. The van der Waals surface area contributed by atoms with Gasteiger partial charge in [-0.15, -0.1) is 0 Å². The number of furan rings is 1. The molecule has 0 aliphatic heterocycles. The topological polar surface area (TPSA) is 13.1 Å². The van der Waals surface area contributed by atoms with Crippen LogP contribution in [0, 0.1) is 0 Å². The molecule has 0 bridgehead atoms. The number of rotatable bonds is 10. The predicted octanol–water partition coefficient (Wildman–Crippen LogP) is 7.32. The third-order valence-corrected chi connectivity index (χ3v) is 7.82. The van der Waals surface area contributed by atoms with E-state index in [2.05, 4.69) is 79.5 Å². The Kier molecular flexibility index (Phi) is 8.27. The molecule has 1 nitrogen and oxygen atoms in total. The van der Waals surface area contributed by atoms with Crippen molar-refractivity contribution in [3.63, 3.8) is 0 Å². The summed E-state index contributed by atoms with van der Waals surface area (Å²) in [7, 11) is -0.521. The molecule has 1 heterocycles. The second-order valence-corrected chi connectivity index (χ2v) is 9.64. The zero-order valence-electron chi connectivity index (χ0n) is 15.9. The van der Waals surface area contributed by atoms with E-state index in [4.69, 9.17) is 4.42 Å². The van der Waals surface area contributed by atoms with Crippen LogP contribution in [0.3, 0.4) is 0 Å². The molecule has 0 saturated carbocycles. The Labute approximate surface area is 168 Å². The third-order valence-electron chi connectivity index (χ3n) is 4.35. The van der Waals surface area contributed by atoms with Crippen LogP contribution in [0.1, 0.15) is 39.0 Å². The average Bonchev–Trinajstić information content (AvgIpc) is 3.23. The minimum Gasteiger partial charge on any atom is -0.458 e. The van der Waals surface area contributed by atoms with E-state index in [0.717, 1.165) is 11.5 Å². The lowest BCUT2D eigenvalue weighted by atomic mass is 10.1.